The van der Waals surface area contributed by atoms with E-state index in [1.54, 1.807) is 18.2 Å². The maximum absolute atomic E-state index is 12.0. The molecule has 0 aliphatic carbocycles. The fourth-order valence-corrected chi connectivity index (χ4v) is 2.58. The number of carbonyl (C=O) groups excluding carboxylic acids is 1. The number of methoxy groups -OCH3 is 1. The number of carboxylic acid groups (broad SMARTS) is 1. The second-order valence-electron chi connectivity index (χ2n) is 5.13. The smallest absolute Gasteiger partial charge is 0.326 e. The van der Waals surface area contributed by atoms with Crippen LogP contribution in [0, 0.1) is 5.92 Å². The Kier molecular flexibility index (Phi) is 5.63. The lowest BCUT2D eigenvalue weighted by molar-refractivity contribution is -0.142. The summed E-state index contributed by atoms with van der Waals surface area (Å²) in [7, 11) is 1.50. The van der Waals surface area contributed by atoms with Gasteiger partial charge in [-0.2, -0.15) is 0 Å². The average Bonchev–Trinajstić information content (AvgIpc) is 3.01. The van der Waals surface area contributed by atoms with Gasteiger partial charge in [-0.05, 0) is 24.1 Å². The zero-order valence-corrected chi connectivity index (χ0v) is 12.9. The van der Waals surface area contributed by atoms with Crippen LogP contribution in [0.4, 0.5) is 0 Å². The molecule has 2 atom stereocenters. The van der Waals surface area contributed by atoms with E-state index in [-0.39, 0.29) is 18.2 Å². The Labute approximate surface area is 133 Å². The molecule has 0 unspecified atom stereocenters. The van der Waals surface area contributed by atoms with Crippen molar-refractivity contribution in [1.29, 1.82) is 0 Å². The molecule has 0 saturated carbocycles. The zero-order chi connectivity index (χ0) is 16.1. The molecule has 2 N–H and O–H groups in total. The fourth-order valence-electron chi connectivity index (χ4n) is 2.30. The summed E-state index contributed by atoms with van der Waals surface area (Å²) in [6.45, 7) is 0.871. The van der Waals surface area contributed by atoms with Crippen LogP contribution in [-0.2, 0) is 20.7 Å². The number of aliphatic carboxylic acids is 1. The number of hydrogen-bond acceptors (Lipinski definition) is 4. The van der Waals surface area contributed by atoms with Crippen molar-refractivity contribution in [3.63, 3.8) is 0 Å². The Balaban J connectivity index is 2.03. The second-order valence-corrected chi connectivity index (χ2v) is 5.54. The Morgan fingerprint density at radius 1 is 1.55 bits per heavy atom. The van der Waals surface area contributed by atoms with E-state index < -0.39 is 12.0 Å². The first-order valence-corrected chi connectivity index (χ1v) is 7.32. The van der Waals surface area contributed by atoms with Gasteiger partial charge >= 0.3 is 5.97 Å². The summed E-state index contributed by atoms with van der Waals surface area (Å²) in [5, 5.41) is 12.3. The Morgan fingerprint density at radius 3 is 2.86 bits per heavy atom. The third-order valence-electron chi connectivity index (χ3n) is 3.57. The van der Waals surface area contributed by atoms with Gasteiger partial charge in [-0.15, -0.1) is 0 Å². The van der Waals surface area contributed by atoms with Gasteiger partial charge < -0.3 is 19.9 Å². The molecule has 0 radical (unpaired) electrons. The molecule has 1 aromatic carbocycles. The number of carboxylic acids is 1. The fraction of sp³-hybridized carbons (Fsp3) is 0.467. The SMILES string of the molecule is COc1ccc(C[C@@H](NC(=O)[C@@H]2CCOC2)C(=O)O)cc1Cl. The van der Waals surface area contributed by atoms with E-state index in [0.29, 0.717) is 36.0 Å². The summed E-state index contributed by atoms with van der Waals surface area (Å²) in [5.74, 6) is -1.13. The molecule has 1 fully saturated rings. The predicted molar refractivity (Wildman–Crippen MR) is 80.2 cm³/mol. The summed E-state index contributed by atoms with van der Waals surface area (Å²) in [6, 6.07) is 4.04. The van der Waals surface area contributed by atoms with Gasteiger partial charge in [0.15, 0.2) is 0 Å². The van der Waals surface area contributed by atoms with Crippen molar-refractivity contribution in [2.75, 3.05) is 20.3 Å². The second kappa shape index (κ2) is 7.47. The lowest BCUT2D eigenvalue weighted by Crippen LogP contribution is -2.45. The highest BCUT2D eigenvalue weighted by molar-refractivity contribution is 6.32. The van der Waals surface area contributed by atoms with Crippen molar-refractivity contribution < 1.29 is 24.2 Å². The standard InChI is InChI=1S/C15H18ClNO5/c1-21-13-3-2-9(6-11(13)16)7-12(15(19)20)17-14(18)10-4-5-22-8-10/h2-3,6,10,12H,4-5,7-8H2,1H3,(H,17,18)(H,19,20)/t10-,12-/m1/s1. The molecule has 6 nitrogen and oxygen atoms in total. The Morgan fingerprint density at radius 2 is 2.32 bits per heavy atom. The normalized spacial score (nSPS) is 18.7. The molecular weight excluding hydrogens is 310 g/mol. The Hall–Kier alpha value is -1.79. The molecule has 1 saturated heterocycles. The molecule has 0 aromatic heterocycles. The van der Waals surface area contributed by atoms with Crippen LogP contribution in [0.1, 0.15) is 12.0 Å². The van der Waals surface area contributed by atoms with Crippen LogP contribution in [-0.4, -0.2) is 43.3 Å². The highest BCUT2D eigenvalue weighted by Gasteiger charge is 2.28. The van der Waals surface area contributed by atoms with E-state index in [2.05, 4.69) is 5.32 Å². The number of benzene rings is 1. The number of nitrogens with one attached hydrogen (secondary N) is 1. The van der Waals surface area contributed by atoms with Crippen molar-refractivity contribution in [2.45, 2.75) is 18.9 Å². The molecule has 0 spiro atoms. The lowest BCUT2D eigenvalue weighted by atomic mass is 10.0. The van der Waals surface area contributed by atoms with Crippen molar-refractivity contribution >= 4 is 23.5 Å². The van der Waals surface area contributed by atoms with Crippen molar-refractivity contribution in [2.24, 2.45) is 5.92 Å². The third-order valence-corrected chi connectivity index (χ3v) is 3.87. The van der Waals surface area contributed by atoms with E-state index in [0.717, 1.165) is 0 Å². The van der Waals surface area contributed by atoms with Crippen LogP contribution in [0.15, 0.2) is 18.2 Å². The molecule has 0 bridgehead atoms. The number of halogens is 1. The van der Waals surface area contributed by atoms with Gasteiger partial charge in [0.2, 0.25) is 5.91 Å². The molecule has 1 heterocycles. The molecular formula is C15H18ClNO5. The Bertz CT molecular complexity index is 557. The van der Waals surface area contributed by atoms with Gasteiger partial charge in [0.1, 0.15) is 11.8 Å². The number of rotatable bonds is 6. The zero-order valence-electron chi connectivity index (χ0n) is 12.2. The maximum atomic E-state index is 12.0. The van der Waals surface area contributed by atoms with Gasteiger partial charge in [0, 0.05) is 13.0 Å². The van der Waals surface area contributed by atoms with Crippen molar-refractivity contribution in [1.82, 2.24) is 5.32 Å². The molecule has 2 rings (SSSR count). The quantitative estimate of drug-likeness (QED) is 0.827. The van der Waals surface area contributed by atoms with Gasteiger partial charge in [-0.25, -0.2) is 4.79 Å². The highest BCUT2D eigenvalue weighted by Crippen LogP contribution is 2.25. The van der Waals surface area contributed by atoms with Crippen LogP contribution >= 0.6 is 11.6 Å². The van der Waals surface area contributed by atoms with E-state index in [4.69, 9.17) is 21.1 Å². The van der Waals surface area contributed by atoms with Gasteiger partial charge in [0.25, 0.3) is 0 Å². The lowest BCUT2D eigenvalue weighted by Gasteiger charge is -2.17. The number of amides is 1. The topological polar surface area (TPSA) is 84.9 Å². The van der Waals surface area contributed by atoms with Crippen LogP contribution in [0.3, 0.4) is 0 Å². The minimum Gasteiger partial charge on any atom is -0.495 e. The minimum absolute atomic E-state index is 0.151. The van der Waals surface area contributed by atoms with Crippen LogP contribution in [0.2, 0.25) is 5.02 Å². The first kappa shape index (κ1) is 16.6. The summed E-state index contributed by atoms with van der Waals surface area (Å²) in [4.78, 5) is 23.4. The van der Waals surface area contributed by atoms with Gasteiger partial charge in [0.05, 0.1) is 24.7 Å². The number of hydrogen-bond donors (Lipinski definition) is 2. The van der Waals surface area contributed by atoms with Crippen molar-refractivity contribution in [3.05, 3.63) is 28.8 Å². The third kappa shape index (κ3) is 4.11. The minimum atomic E-state index is -1.08. The first-order chi connectivity index (χ1) is 10.5. The largest absolute Gasteiger partial charge is 0.495 e. The van der Waals surface area contributed by atoms with Crippen LogP contribution < -0.4 is 10.1 Å². The molecule has 120 valence electrons. The molecule has 1 aliphatic heterocycles. The molecule has 1 amide bonds. The molecule has 1 aromatic rings. The van der Waals surface area contributed by atoms with Crippen molar-refractivity contribution in [3.8, 4) is 5.75 Å². The molecule has 1 aliphatic rings. The monoisotopic (exact) mass is 327 g/mol. The highest BCUT2D eigenvalue weighted by atomic mass is 35.5. The van der Waals surface area contributed by atoms with E-state index in [1.807, 2.05) is 0 Å². The van der Waals surface area contributed by atoms with E-state index in [1.165, 1.54) is 7.11 Å². The summed E-state index contributed by atoms with van der Waals surface area (Å²) >= 11 is 6.03. The maximum Gasteiger partial charge on any atom is 0.326 e. The number of carbonyl (C=O) groups is 2. The molecule has 22 heavy (non-hydrogen) atoms. The first-order valence-electron chi connectivity index (χ1n) is 6.94. The summed E-state index contributed by atoms with van der Waals surface area (Å²) in [6.07, 6.45) is 0.769. The molecule has 7 heteroatoms. The van der Waals surface area contributed by atoms with Crippen LogP contribution in [0.25, 0.3) is 0 Å². The number of ether oxygens (including phenoxy) is 2. The van der Waals surface area contributed by atoms with Crippen LogP contribution in [0.5, 0.6) is 5.75 Å². The summed E-state index contributed by atoms with van der Waals surface area (Å²) < 4.78 is 10.2. The summed E-state index contributed by atoms with van der Waals surface area (Å²) in [5.41, 5.74) is 0.709. The van der Waals surface area contributed by atoms with E-state index >= 15 is 0 Å². The average molecular weight is 328 g/mol. The van der Waals surface area contributed by atoms with Gasteiger partial charge in [-0.1, -0.05) is 17.7 Å². The van der Waals surface area contributed by atoms with Gasteiger partial charge in [-0.3, -0.25) is 4.79 Å². The van der Waals surface area contributed by atoms with E-state index in [9.17, 15) is 14.7 Å². The predicted octanol–water partition coefficient (Wildman–Crippen LogP) is 1.50.